The van der Waals surface area contributed by atoms with Crippen molar-refractivity contribution in [2.45, 2.75) is 13.3 Å². The van der Waals surface area contributed by atoms with Gasteiger partial charge in [0.2, 0.25) is 0 Å². The molecule has 0 fully saturated rings. The van der Waals surface area contributed by atoms with Crippen molar-refractivity contribution in [2.75, 3.05) is 32.2 Å². The number of nitrogens with zero attached hydrogens (tertiary/aromatic N) is 1. The molecule has 0 aliphatic heterocycles. The minimum atomic E-state index is -0.992. The molecule has 0 unspecified atom stereocenters. The van der Waals surface area contributed by atoms with Gasteiger partial charge in [0.15, 0.2) is 0 Å². The number of anilines is 1. The molecule has 8 heteroatoms. The molecule has 0 heterocycles. The van der Waals surface area contributed by atoms with Gasteiger partial charge < -0.3 is 14.8 Å². The summed E-state index contributed by atoms with van der Waals surface area (Å²) in [5, 5.41) is 13.7. The summed E-state index contributed by atoms with van der Waals surface area (Å²) in [5.74, 6) is -1.88. The van der Waals surface area contributed by atoms with Gasteiger partial charge in [0.05, 0.1) is 23.7 Å². The number of nitro benzene ring substituents is 1. The fraction of sp³-hybridized carbons (Fsp3) is 0.462. The number of carbonyl (C=O) groups excluding carboxylic acids is 1. The number of carbonyl (C=O) groups is 1. The summed E-state index contributed by atoms with van der Waals surface area (Å²) in [6.07, 6.45) is 0.621. The highest BCUT2D eigenvalue weighted by Crippen LogP contribution is 2.28. The van der Waals surface area contributed by atoms with Gasteiger partial charge in [0.25, 0.3) is 5.69 Å². The van der Waals surface area contributed by atoms with Gasteiger partial charge in [-0.25, -0.2) is 9.18 Å². The molecule has 1 aromatic carbocycles. The number of esters is 1. The maximum atomic E-state index is 13.7. The van der Waals surface area contributed by atoms with Gasteiger partial charge in [-0.2, -0.15) is 0 Å². The lowest BCUT2D eigenvalue weighted by Crippen LogP contribution is -2.11. The zero-order valence-electron chi connectivity index (χ0n) is 11.8. The zero-order valence-corrected chi connectivity index (χ0v) is 11.8. The molecule has 0 aliphatic carbocycles. The Morgan fingerprint density at radius 2 is 2.19 bits per heavy atom. The molecule has 0 spiro atoms. The lowest BCUT2D eigenvalue weighted by atomic mass is 10.1. The Bertz CT molecular complexity index is 522. The van der Waals surface area contributed by atoms with Crippen LogP contribution in [0.2, 0.25) is 0 Å². The van der Waals surface area contributed by atoms with Gasteiger partial charge in [-0.15, -0.1) is 0 Å². The third-order valence-corrected chi connectivity index (χ3v) is 2.67. The molecule has 0 atom stereocenters. The number of nitrogens with one attached hydrogen (secondary N) is 1. The Kier molecular flexibility index (Phi) is 6.54. The lowest BCUT2D eigenvalue weighted by Gasteiger charge is -2.09. The quantitative estimate of drug-likeness (QED) is 0.343. The minimum Gasteiger partial charge on any atom is -0.465 e. The molecule has 0 saturated carbocycles. The molecule has 0 radical (unpaired) electrons. The first-order valence-corrected chi connectivity index (χ1v) is 6.39. The molecule has 1 aromatic rings. The van der Waals surface area contributed by atoms with Gasteiger partial charge in [-0.3, -0.25) is 10.1 Å². The van der Waals surface area contributed by atoms with Gasteiger partial charge in [0.1, 0.15) is 11.5 Å². The molecule has 0 aliphatic rings. The number of hydrogen-bond acceptors (Lipinski definition) is 6. The van der Waals surface area contributed by atoms with Crippen molar-refractivity contribution >= 4 is 17.3 Å². The maximum absolute atomic E-state index is 13.7. The van der Waals surface area contributed by atoms with E-state index in [0.29, 0.717) is 32.2 Å². The van der Waals surface area contributed by atoms with Gasteiger partial charge in [-0.05, 0) is 19.4 Å². The highest BCUT2D eigenvalue weighted by molar-refractivity contribution is 5.91. The van der Waals surface area contributed by atoms with Crippen LogP contribution >= 0.6 is 0 Å². The molecule has 7 nitrogen and oxygen atoms in total. The molecule has 21 heavy (non-hydrogen) atoms. The zero-order chi connectivity index (χ0) is 15.8. The van der Waals surface area contributed by atoms with E-state index in [1.54, 1.807) is 0 Å². The number of halogens is 1. The Morgan fingerprint density at radius 1 is 1.48 bits per heavy atom. The van der Waals surface area contributed by atoms with E-state index in [-0.39, 0.29) is 11.3 Å². The Hall–Kier alpha value is -2.22. The van der Waals surface area contributed by atoms with Crippen LogP contribution in [0.1, 0.15) is 23.7 Å². The number of benzene rings is 1. The van der Waals surface area contributed by atoms with Crippen molar-refractivity contribution in [2.24, 2.45) is 0 Å². The van der Waals surface area contributed by atoms with Crippen LogP contribution in [0.25, 0.3) is 0 Å². The topological polar surface area (TPSA) is 90.7 Å². The molecule has 116 valence electrons. The number of rotatable bonds is 8. The third kappa shape index (κ3) is 4.67. The van der Waals surface area contributed by atoms with Crippen LogP contribution in [0.15, 0.2) is 12.1 Å². The number of methoxy groups -OCH3 is 1. The average Bonchev–Trinajstić information content (AvgIpc) is 2.47. The Labute approximate surface area is 121 Å². The molecule has 0 saturated heterocycles. The van der Waals surface area contributed by atoms with Crippen molar-refractivity contribution in [1.82, 2.24) is 0 Å². The summed E-state index contributed by atoms with van der Waals surface area (Å²) in [5.41, 5.74) is -0.717. The van der Waals surface area contributed by atoms with E-state index in [1.807, 2.05) is 6.92 Å². The standard InChI is InChI=1S/C13H17FN2O5/c1-3-21-6-4-5-15-11-7-9(13(17)20-2)10(14)8-12(11)16(18)19/h7-8,15H,3-6H2,1-2H3. The second-order valence-electron chi connectivity index (χ2n) is 4.08. The highest BCUT2D eigenvalue weighted by Gasteiger charge is 2.22. The summed E-state index contributed by atoms with van der Waals surface area (Å²) >= 11 is 0. The second-order valence-corrected chi connectivity index (χ2v) is 4.08. The van der Waals surface area contributed by atoms with Crippen molar-refractivity contribution in [1.29, 1.82) is 0 Å². The van der Waals surface area contributed by atoms with Crippen molar-refractivity contribution in [3.8, 4) is 0 Å². The monoisotopic (exact) mass is 300 g/mol. The Balaban J connectivity index is 2.92. The van der Waals surface area contributed by atoms with Crippen LogP contribution in [-0.2, 0) is 9.47 Å². The second kappa shape index (κ2) is 8.15. The molecule has 1 rings (SSSR count). The third-order valence-electron chi connectivity index (χ3n) is 2.67. The van der Waals surface area contributed by atoms with Crippen LogP contribution < -0.4 is 5.32 Å². The van der Waals surface area contributed by atoms with Gasteiger partial charge in [0, 0.05) is 19.8 Å². The highest BCUT2D eigenvalue weighted by atomic mass is 19.1. The van der Waals surface area contributed by atoms with E-state index < -0.39 is 22.4 Å². The average molecular weight is 300 g/mol. The predicted molar refractivity (Wildman–Crippen MR) is 74.0 cm³/mol. The minimum absolute atomic E-state index is 0.0679. The fourth-order valence-corrected chi connectivity index (χ4v) is 1.66. The van der Waals surface area contributed by atoms with Crippen LogP contribution in [0.5, 0.6) is 0 Å². The number of nitro groups is 1. The normalized spacial score (nSPS) is 10.2. The molecule has 0 aromatic heterocycles. The largest absolute Gasteiger partial charge is 0.465 e. The van der Waals surface area contributed by atoms with Crippen molar-refractivity contribution in [3.05, 3.63) is 33.6 Å². The number of ether oxygens (including phenoxy) is 2. The summed E-state index contributed by atoms with van der Waals surface area (Å²) < 4.78 is 23.2. The summed E-state index contributed by atoms with van der Waals surface area (Å²) in [4.78, 5) is 21.6. The first kappa shape index (κ1) is 16.8. The van der Waals surface area contributed by atoms with E-state index in [1.165, 1.54) is 0 Å². The van der Waals surface area contributed by atoms with E-state index in [4.69, 9.17) is 4.74 Å². The van der Waals surface area contributed by atoms with Crippen molar-refractivity contribution < 1.29 is 23.6 Å². The SMILES string of the molecule is CCOCCCNc1cc(C(=O)OC)c(F)cc1[N+](=O)[O-]. The molecule has 0 bridgehead atoms. The fourth-order valence-electron chi connectivity index (χ4n) is 1.66. The molecular formula is C13H17FN2O5. The molecule has 1 N–H and O–H groups in total. The maximum Gasteiger partial charge on any atom is 0.340 e. The van der Waals surface area contributed by atoms with E-state index >= 15 is 0 Å². The Morgan fingerprint density at radius 3 is 2.76 bits per heavy atom. The lowest BCUT2D eigenvalue weighted by molar-refractivity contribution is -0.384. The van der Waals surface area contributed by atoms with Crippen LogP contribution in [0.4, 0.5) is 15.8 Å². The first-order chi connectivity index (χ1) is 10.0. The van der Waals surface area contributed by atoms with Gasteiger partial charge in [-0.1, -0.05) is 0 Å². The van der Waals surface area contributed by atoms with Crippen LogP contribution in [0.3, 0.4) is 0 Å². The van der Waals surface area contributed by atoms with E-state index in [0.717, 1.165) is 13.2 Å². The molecule has 0 amide bonds. The smallest absolute Gasteiger partial charge is 0.340 e. The van der Waals surface area contributed by atoms with Crippen LogP contribution in [0, 0.1) is 15.9 Å². The summed E-state index contributed by atoms with van der Waals surface area (Å²) in [6, 6.07) is 1.79. The van der Waals surface area contributed by atoms with E-state index in [2.05, 4.69) is 10.1 Å². The number of hydrogen-bond donors (Lipinski definition) is 1. The first-order valence-electron chi connectivity index (χ1n) is 6.39. The van der Waals surface area contributed by atoms with Crippen molar-refractivity contribution in [3.63, 3.8) is 0 Å². The van der Waals surface area contributed by atoms with Gasteiger partial charge >= 0.3 is 5.97 Å². The van der Waals surface area contributed by atoms with E-state index in [9.17, 15) is 19.3 Å². The molecular weight excluding hydrogens is 283 g/mol. The summed E-state index contributed by atoms with van der Waals surface area (Å²) in [6.45, 7) is 3.35. The summed E-state index contributed by atoms with van der Waals surface area (Å²) in [7, 11) is 1.11. The van der Waals surface area contributed by atoms with Crippen LogP contribution in [-0.4, -0.2) is 37.8 Å². The predicted octanol–water partition coefficient (Wildman–Crippen LogP) is 2.36.